The quantitative estimate of drug-likeness (QED) is 0.683. The minimum Gasteiger partial charge on any atom is -0.495 e. The van der Waals surface area contributed by atoms with Crippen LogP contribution in [0.2, 0.25) is 0 Å². The number of piperazine rings is 1. The predicted molar refractivity (Wildman–Crippen MR) is 117 cm³/mol. The number of ether oxygens (including phenoxy) is 1. The molecule has 0 bridgehead atoms. The van der Waals surface area contributed by atoms with Gasteiger partial charge in [0, 0.05) is 45.2 Å². The van der Waals surface area contributed by atoms with E-state index in [-0.39, 0.29) is 22.6 Å². The highest BCUT2D eigenvalue weighted by Crippen LogP contribution is 2.32. The van der Waals surface area contributed by atoms with Crippen LogP contribution in [0.15, 0.2) is 23.1 Å². The molecule has 1 aromatic carbocycles. The number of methoxy groups -OCH3 is 1. The van der Waals surface area contributed by atoms with Crippen molar-refractivity contribution in [1.82, 2.24) is 14.1 Å². The van der Waals surface area contributed by atoms with Crippen LogP contribution in [0.4, 0.5) is 0 Å². The molecule has 168 valence electrons. The van der Waals surface area contributed by atoms with Gasteiger partial charge in [-0.2, -0.15) is 4.31 Å². The van der Waals surface area contributed by atoms with Crippen molar-refractivity contribution in [3.05, 3.63) is 23.8 Å². The Morgan fingerprint density at radius 1 is 1.10 bits per heavy atom. The van der Waals surface area contributed by atoms with Crippen molar-refractivity contribution in [2.24, 2.45) is 5.92 Å². The number of carbonyl (C=O) groups excluding carboxylic acids is 1. The summed E-state index contributed by atoms with van der Waals surface area (Å²) < 4.78 is 33.5. The van der Waals surface area contributed by atoms with E-state index in [0.717, 1.165) is 38.3 Å². The first-order valence-corrected chi connectivity index (χ1v) is 12.4. The Hall–Kier alpha value is -1.64. The van der Waals surface area contributed by atoms with Gasteiger partial charge in [-0.3, -0.25) is 4.79 Å². The number of rotatable bonds is 6. The lowest BCUT2D eigenvalue weighted by Crippen LogP contribution is -2.51. The molecule has 2 aliphatic heterocycles. The first-order chi connectivity index (χ1) is 14.3. The predicted octanol–water partition coefficient (Wildman–Crippen LogP) is 2.38. The van der Waals surface area contributed by atoms with E-state index in [1.54, 1.807) is 12.1 Å². The van der Waals surface area contributed by atoms with Gasteiger partial charge < -0.3 is 14.5 Å². The molecule has 0 N–H and O–H groups in total. The molecule has 3 rings (SSSR count). The van der Waals surface area contributed by atoms with Crippen LogP contribution in [0.5, 0.6) is 5.75 Å². The van der Waals surface area contributed by atoms with Crippen molar-refractivity contribution in [3.63, 3.8) is 0 Å². The highest BCUT2D eigenvalue weighted by Gasteiger charge is 2.35. The molecule has 0 saturated carbocycles. The van der Waals surface area contributed by atoms with E-state index in [0.29, 0.717) is 31.7 Å². The zero-order valence-corrected chi connectivity index (χ0v) is 19.5. The number of nitrogens with zero attached hydrogens (tertiary/aromatic N) is 3. The molecule has 0 radical (unpaired) electrons. The number of sulfonamides is 1. The van der Waals surface area contributed by atoms with E-state index in [4.69, 9.17) is 4.74 Å². The van der Waals surface area contributed by atoms with Gasteiger partial charge in [0.15, 0.2) is 0 Å². The first kappa shape index (κ1) is 23.0. The zero-order valence-electron chi connectivity index (χ0n) is 18.6. The van der Waals surface area contributed by atoms with Gasteiger partial charge in [-0.15, -0.1) is 0 Å². The van der Waals surface area contributed by atoms with Crippen molar-refractivity contribution >= 4 is 15.9 Å². The average molecular weight is 438 g/mol. The number of carbonyl (C=O) groups is 1. The Bertz CT molecular complexity index is 840. The van der Waals surface area contributed by atoms with Crippen LogP contribution in [-0.4, -0.2) is 81.4 Å². The number of benzene rings is 1. The number of hydrogen-bond acceptors (Lipinski definition) is 5. The van der Waals surface area contributed by atoms with Crippen LogP contribution >= 0.6 is 0 Å². The van der Waals surface area contributed by atoms with Crippen LogP contribution < -0.4 is 4.74 Å². The second-order valence-corrected chi connectivity index (χ2v) is 10.4. The van der Waals surface area contributed by atoms with E-state index < -0.39 is 10.0 Å². The van der Waals surface area contributed by atoms with E-state index in [1.807, 2.05) is 24.8 Å². The number of likely N-dealkylation sites (N-methyl/N-ethyl adjacent to an activating group) is 1. The number of hydrogen-bond donors (Lipinski definition) is 0. The van der Waals surface area contributed by atoms with E-state index in [9.17, 15) is 13.2 Å². The Morgan fingerprint density at radius 3 is 2.27 bits per heavy atom. The normalized spacial score (nSPS) is 20.0. The van der Waals surface area contributed by atoms with Crippen LogP contribution in [0.1, 0.15) is 45.1 Å². The van der Waals surface area contributed by atoms with E-state index in [1.165, 1.54) is 11.4 Å². The summed E-state index contributed by atoms with van der Waals surface area (Å²) in [5, 5.41) is 0. The number of amides is 1. The van der Waals surface area contributed by atoms with Gasteiger partial charge in [-0.1, -0.05) is 26.8 Å². The van der Waals surface area contributed by atoms with Gasteiger partial charge >= 0.3 is 0 Å². The smallest absolute Gasteiger partial charge is 0.246 e. The molecule has 2 fully saturated rings. The van der Waals surface area contributed by atoms with Crippen molar-refractivity contribution < 1.29 is 17.9 Å². The Kier molecular flexibility index (Phi) is 7.42. The first-order valence-electron chi connectivity index (χ1n) is 11.0. The third-order valence-electron chi connectivity index (χ3n) is 6.41. The maximum atomic E-state index is 13.3. The van der Waals surface area contributed by atoms with Crippen molar-refractivity contribution in [3.8, 4) is 5.75 Å². The Labute approximate surface area is 181 Å². The summed E-state index contributed by atoms with van der Waals surface area (Å²) in [4.78, 5) is 17.4. The summed E-state index contributed by atoms with van der Waals surface area (Å²) in [6.45, 7) is 11.3. The molecule has 2 aliphatic rings. The highest BCUT2D eigenvalue weighted by atomic mass is 32.2. The molecule has 2 heterocycles. The van der Waals surface area contributed by atoms with Crippen LogP contribution in [0.3, 0.4) is 0 Å². The lowest BCUT2D eigenvalue weighted by molar-refractivity contribution is -0.138. The molecular formula is C22H35N3O4S. The molecule has 0 atom stereocenters. The fraction of sp³-hybridized carbons (Fsp3) is 0.682. The molecule has 8 heteroatoms. The molecule has 2 saturated heterocycles. The zero-order chi connectivity index (χ0) is 21.9. The van der Waals surface area contributed by atoms with Crippen LogP contribution in [0, 0.1) is 5.92 Å². The van der Waals surface area contributed by atoms with Gasteiger partial charge in [-0.05, 0) is 43.0 Å². The highest BCUT2D eigenvalue weighted by molar-refractivity contribution is 7.89. The summed E-state index contributed by atoms with van der Waals surface area (Å²) in [5.74, 6) is 0.684. The minimum absolute atomic E-state index is 0.0893. The fourth-order valence-corrected chi connectivity index (χ4v) is 5.94. The molecule has 0 aliphatic carbocycles. The van der Waals surface area contributed by atoms with Gasteiger partial charge in [0.1, 0.15) is 10.6 Å². The lowest BCUT2D eigenvalue weighted by Gasteiger charge is -2.38. The molecular weight excluding hydrogens is 402 g/mol. The maximum Gasteiger partial charge on any atom is 0.246 e. The second-order valence-electron chi connectivity index (χ2n) is 8.50. The van der Waals surface area contributed by atoms with Crippen LogP contribution in [0.25, 0.3) is 0 Å². The topological polar surface area (TPSA) is 70.2 Å². The second kappa shape index (κ2) is 9.66. The number of piperidine rings is 1. The average Bonchev–Trinajstić information content (AvgIpc) is 2.78. The summed E-state index contributed by atoms with van der Waals surface area (Å²) in [5.41, 5.74) is 0.964. The molecule has 7 nitrogen and oxygen atoms in total. The Morgan fingerprint density at radius 2 is 1.73 bits per heavy atom. The summed E-state index contributed by atoms with van der Waals surface area (Å²) in [6, 6.07) is 5.36. The summed E-state index contributed by atoms with van der Waals surface area (Å²) in [6.07, 6.45) is 1.14. The minimum atomic E-state index is -3.67. The lowest BCUT2D eigenvalue weighted by atomic mass is 9.96. The molecule has 1 amide bonds. The monoisotopic (exact) mass is 437 g/mol. The van der Waals surface area contributed by atoms with Crippen LogP contribution in [-0.2, 0) is 14.8 Å². The van der Waals surface area contributed by atoms with E-state index >= 15 is 0 Å². The molecule has 0 unspecified atom stereocenters. The molecule has 0 spiro atoms. The molecule has 30 heavy (non-hydrogen) atoms. The van der Waals surface area contributed by atoms with Gasteiger partial charge in [0.2, 0.25) is 15.9 Å². The van der Waals surface area contributed by atoms with Gasteiger partial charge in [0.05, 0.1) is 7.11 Å². The van der Waals surface area contributed by atoms with Crippen molar-refractivity contribution in [2.75, 3.05) is 52.9 Å². The standard InChI is InChI=1S/C22H35N3O4S/c1-5-23-12-14-24(15-13-23)22(26)18-8-10-25(11-9-18)30(27,28)21-16-19(17(2)3)6-7-20(21)29-4/h6-7,16-18H,5,8-15H2,1-4H3. The van der Waals surface area contributed by atoms with E-state index in [2.05, 4.69) is 11.8 Å². The van der Waals surface area contributed by atoms with Crippen molar-refractivity contribution in [1.29, 1.82) is 0 Å². The molecule has 1 aromatic rings. The Balaban J connectivity index is 1.67. The van der Waals surface area contributed by atoms with Crippen molar-refractivity contribution in [2.45, 2.75) is 44.4 Å². The van der Waals surface area contributed by atoms with Gasteiger partial charge in [-0.25, -0.2) is 8.42 Å². The summed E-state index contributed by atoms with van der Waals surface area (Å²) in [7, 11) is -2.18. The molecule has 0 aromatic heterocycles. The largest absolute Gasteiger partial charge is 0.495 e. The third kappa shape index (κ3) is 4.81. The maximum absolute atomic E-state index is 13.3. The van der Waals surface area contributed by atoms with Gasteiger partial charge in [0.25, 0.3) is 0 Å². The summed E-state index contributed by atoms with van der Waals surface area (Å²) >= 11 is 0. The SMILES string of the molecule is CCN1CCN(C(=O)C2CCN(S(=O)(=O)c3cc(C(C)C)ccc3OC)CC2)CC1. The third-order valence-corrected chi connectivity index (χ3v) is 8.33. The fourth-order valence-electron chi connectivity index (χ4n) is 4.28.